The number of benzene rings is 3. The summed E-state index contributed by atoms with van der Waals surface area (Å²) in [6.45, 7) is 1.28. The van der Waals surface area contributed by atoms with Crippen LogP contribution in [0.1, 0.15) is 48.4 Å². The van der Waals surface area contributed by atoms with Gasteiger partial charge < -0.3 is 19.2 Å². The molecule has 7 rings (SSSR count). The summed E-state index contributed by atoms with van der Waals surface area (Å²) in [7, 11) is -3.57. The minimum atomic E-state index is -3.57. The van der Waals surface area contributed by atoms with Gasteiger partial charge in [0.1, 0.15) is 30.4 Å². The predicted molar refractivity (Wildman–Crippen MR) is 159 cm³/mol. The van der Waals surface area contributed by atoms with Crippen molar-refractivity contribution in [1.82, 2.24) is 15.0 Å². The number of carbonyl (C=O) groups excluding carboxylic acids is 1. The first-order chi connectivity index (χ1) is 20.8. The summed E-state index contributed by atoms with van der Waals surface area (Å²) in [4.78, 5) is 16.9. The number of oxazole rings is 1. The first-order valence-corrected chi connectivity index (χ1v) is 16.1. The third-order valence-corrected chi connectivity index (χ3v) is 10.3. The predicted octanol–water partition coefficient (Wildman–Crippen LogP) is 5.03. The molecule has 220 valence electrons. The Bertz CT molecular complexity index is 1930. The molecule has 2 aliphatic carbocycles. The average molecular weight is 619 g/mol. The molecular weight excluding hydrogens is 592 g/mol. The number of hydrogen-bond donors (Lipinski definition) is 2. The van der Waals surface area contributed by atoms with Gasteiger partial charge >= 0.3 is 0 Å². The number of amides is 1. The lowest BCUT2D eigenvalue weighted by atomic mass is 10.0. The Morgan fingerprint density at radius 3 is 2.65 bits per heavy atom. The standard InChI is InChI=1S/C31H27ClN4O6S/c32-29-19(17-4-9-26-27(14-17)41-13-12-40-26)2-1-3-21(29)31-35-25-15-22-20(23(16-33)30(25)42-31)7-8-24(22)34-11-10-28(37)36-43(38,39)18-5-6-18/h1-4,9,14-15,18,24,34H,5-8,10-13H2,(H,36,37). The first kappa shape index (κ1) is 27.7. The van der Waals surface area contributed by atoms with Gasteiger partial charge in [0, 0.05) is 24.6 Å². The SMILES string of the molecule is N#Cc1c2c(cc3nc(-c4cccc(-c5ccc6c(c5)OCCO6)c4Cl)oc13)C(NCCC(=O)NS(=O)(=O)C1CC1)CC2. The number of ether oxygens (including phenoxy) is 2. The highest BCUT2D eigenvalue weighted by molar-refractivity contribution is 7.90. The van der Waals surface area contributed by atoms with Crippen LogP contribution in [0.4, 0.5) is 0 Å². The molecule has 10 nitrogen and oxygen atoms in total. The maximum absolute atomic E-state index is 12.2. The molecule has 0 radical (unpaired) electrons. The molecule has 0 spiro atoms. The Hall–Kier alpha value is -4.11. The van der Waals surface area contributed by atoms with Gasteiger partial charge in [-0.2, -0.15) is 5.26 Å². The molecule has 1 amide bonds. The highest BCUT2D eigenvalue weighted by Gasteiger charge is 2.37. The van der Waals surface area contributed by atoms with Crippen molar-refractivity contribution in [1.29, 1.82) is 5.26 Å². The number of carbonyl (C=O) groups is 1. The van der Waals surface area contributed by atoms with Gasteiger partial charge in [-0.05, 0) is 66.6 Å². The number of halogens is 1. The molecule has 0 bridgehead atoms. The van der Waals surface area contributed by atoms with Crippen molar-refractivity contribution in [3.63, 3.8) is 0 Å². The largest absolute Gasteiger partial charge is 0.486 e. The van der Waals surface area contributed by atoms with E-state index >= 15 is 0 Å². The monoisotopic (exact) mass is 618 g/mol. The van der Waals surface area contributed by atoms with Crippen LogP contribution in [0.15, 0.2) is 46.9 Å². The van der Waals surface area contributed by atoms with Crippen LogP contribution in [0, 0.1) is 11.3 Å². The van der Waals surface area contributed by atoms with E-state index in [1.807, 2.05) is 42.5 Å². The van der Waals surface area contributed by atoms with Crippen LogP contribution in [0.5, 0.6) is 11.5 Å². The smallest absolute Gasteiger partial charge is 0.237 e. The van der Waals surface area contributed by atoms with Crippen molar-refractivity contribution in [2.24, 2.45) is 0 Å². The molecule has 1 saturated carbocycles. The summed E-state index contributed by atoms with van der Waals surface area (Å²) >= 11 is 6.91. The fourth-order valence-electron chi connectivity index (χ4n) is 5.76. The number of hydrogen-bond acceptors (Lipinski definition) is 9. The van der Waals surface area contributed by atoms with E-state index in [2.05, 4.69) is 16.1 Å². The van der Waals surface area contributed by atoms with Gasteiger partial charge in [0.05, 0.1) is 15.8 Å². The number of fused-ring (bicyclic) bond motifs is 3. The average Bonchev–Trinajstić information content (AvgIpc) is 3.68. The summed E-state index contributed by atoms with van der Waals surface area (Å²) in [5, 5.41) is 13.5. The summed E-state index contributed by atoms with van der Waals surface area (Å²) in [6.07, 6.45) is 2.60. The van der Waals surface area contributed by atoms with Gasteiger partial charge in [0.25, 0.3) is 0 Å². The highest BCUT2D eigenvalue weighted by atomic mass is 35.5. The maximum atomic E-state index is 12.2. The molecule has 1 aliphatic heterocycles. The summed E-state index contributed by atoms with van der Waals surface area (Å²) in [5.74, 6) is 1.13. The molecule has 2 N–H and O–H groups in total. The fraction of sp³-hybridized carbons (Fsp3) is 0.323. The minimum Gasteiger partial charge on any atom is -0.486 e. The summed E-state index contributed by atoms with van der Waals surface area (Å²) < 4.78 is 43.8. The van der Waals surface area contributed by atoms with Crippen molar-refractivity contribution in [3.8, 4) is 40.1 Å². The third kappa shape index (κ3) is 5.20. The van der Waals surface area contributed by atoms with E-state index in [-0.39, 0.29) is 12.5 Å². The van der Waals surface area contributed by atoms with Crippen LogP contribution in [-0.4, -0.2) is 44.3 Å². The van der Waals surface area contributed by atoms with Gasteiger partial charge in [0.2, 0.25) is 21.8 Å². The number of nitriles is 1. The van der Waals surface area contributed by atoms with E-state index in [0.717, 1.165) is 28.7 Å². The van der Waals surface area contributed by atoms with E-state index in [1.54, 1.807) is 0 Å². The Kier molecular flexibility index (Phi) is 7.00. The molecule has 0 saturated heterocycles. The van der Waals surface area contributed by atoms with Gasteiger partial charge in [-0.15, -0.1) is 0 Å². The molecule has 12 heteroatoms. The molecule has 43 heavy (non-hydrogen) atoms. The molecule has 3 aromatic carbocycles. The molecule has 2 heterocycles. The normalized spacial score (nSPS) is 17.4. The Morgan fingerprint density at radius 1 is 1.07 bits per heavy atom. The maximum Gasteiger partial charge on any atom is 0.237 e. The Labute approximate surface area is 253 Å². The lowest BCUT2D eigenvalue weighted by Gasteiger charge is -2.19. The minimum absolute atomic E-state index is 0.0253. The van der Waals surface area contributed by atoms with Gasteiger partial charge in [0.15, 0.2) is 17.1 Å². The van der Waals surface area contributed by atoms with E-state index in [1.165, 1.54) is 0 Å². The Balaban J connectivity index is 1.14. The second kappa shape index (κ2) is 10.9. The van der Waals surface area contributed by atoms with E-state index in [4.69, 9.17) is 30.5 Å². The quantitative estimate of drug-likeness (QED) is 0.278. The molecule has 4 aromatic rings. The third-order valence-electron chi connectivity index (χ3n) is 8.04. The number of nitrogens with one attached hydrogen (secondary N) is 2. The van der Waals surface area contributed by atoms with E-state index < -0.39 is 21.2 Å². The van der Waals surface area contributed by atoms with Gasteiger partial charge in [-0.1, -0.05) is 29.8 Å². The van der Waals surface area contributed by atoms with Crippen molar-refractivity contribution >= 4 is 38.6 Å². The van der Waals surface area contributed by atoms with Crippen LogP contribution in [-0.2, 0) is 21.2 Å². The summed E-state index contributed by atoms with van der Waals surface area (Å²) in [6, 6.07) is 15.4. The first-order valence-electron chi connectivity index (χ1n) is 14.2. The fourth-order valence-corrected chi connectivity index (χ4v) is 7.42. The van der Waals surface area contributed by atoms with E-state index in [9.17, 15) is 18.5 Å². The van der Waals surface area contributed by atoms with Gasteiger partial charge in [-0.3, -0.25) is 9.52 Å². The number of aromatic nitrogens is 1. The molecular formula is C31H27ClN4O6S. The number of nitrogens with zero attached hydrogens (tertiary/aromatic N) is 2. The molecule has 1 unspecified atom stereocenters. The number of sulfonamides is 1. The Morgan fingerprint density at radius 2 is 1.86 bits per heavy atom. The van der Waals surface area contributed by atoms with Crippen LogP contribution < -0.4 is 19.5 Å². The van der Waals surface area contributed by atoms with Crippen molar-refractivity contribution in [3.05, 3.63) is 64.2 Å². The molecule has 1 fully saturated rings. The number of rotatable bonds is 8. The van der Waals surface area contributed by atoms with Gasteiger partial charge in [-0.25, -0.2) is 13.4 Å². The second-order valence-corrected chi connectivity index (χ2v) is 13.2. The molecule has 3 aliphatic rings. The van der Waals surface area contributed by atoms with Crippen molar-refractivity contribution < 1.29 is 27.1 Å². The molecule has 1 atom stereocenters. The molecule has 1 aromatic heterocycles. The lowest BCUT2D eigenvalue weighted by Crippen LogP contribution is -2.35. The zero-order chi connectivity index (χ0) is 29.7. The zero-order valence-corrected chi connectivity index (χ0v) is 24.6. The summed E-state index contributed by atoms with van der Waals surface area (Å²) in [5.41, 5.74) is 5.41. The van der Waals surface area contributed by atoms with Crippen LogP contribution in [0.25, 0.3) is 33.7 Å². The lowest BCUT2D eigenvalue weighted by molar-refractivity contribution is -0.119. The topological polar surface area (TPSA) is 144 Å². The van der Waals surface area contributed by atoms with E-state index in [0.29, 0.717) is 83.7 Å². The van der Waals surface area contributed by atoms with Crippen LogP contribution >= 0.6 is 11.6 Å². The van der Waals surface area contributed by atoms with Crippen molar-refractivity contribution in [2.75, 3.05) is 19.8 Å². The zero-order valence-electron chi connectivity index (χ0n) is 23.0. The van der Waals surface area contributed by atoms with Crippen molar-refractivity contribution in [2.45, 2.75) is 43.4 Å². The second-order valence-electron chi connectivity index (χ2n) is 10.9. The van der Waals surface area contributed by atoms with Crippen LogP contribution in [0.3, 0.4) is 0 Å². The van der Waals surface area contributed by atoms with Crippen LogP contribution in [0.2, 0.25) is 5.02 Å². The highest BCUT2D eigenvalue weighted by Crippen LogP contribution is 2.43.